The lowest BCUT2D eigenvalue weighted by molar-refractivity contribution is 0.0732. The van der Waals surface area contributed by atoms with Crippen molar-refractivity contribution < 1.29 is 9.90 Å². The number of hydrogen-bond donors (Lipinski definition) is 1. The van der Waals surface area contributed by atoms with Crippen molar-refractivity contribution in [1.82, 2.24) is 14.7 Å². The molecule has 0 aliphatic heterocycles. The van der Waals surface area contributed by atoms with E-state index in [1.54, 1.807) is 4.90 Å². The van der Waals surface area contributed by atoms with E-state index in [0.29, 0.717) is 25.2 Å². The molecule has 0 atom stereocenters. The number of carbonyl (C=O) groups excluding carboxylic acids is 1. The van der Waals surface area contributed by atoms with Gasteiger partial charge in [-0.15, -0.1) is 0 Å². The van der Waals surface area contributed by atoms with Gasteiger partial charge in [-0.1, -0.05) is 12.1 Å². The van der Waals surface area contributed by atoms with Crippen molar-refractivity contribution in [1.29, 1.82) is 0 Å². The number of aryl methyl sites for hydroxylation is 2. The number of amides is 1. The Hall–Kier alpha value is -2.14. The molecule has 0 bridgehead atoms. The van der Waals surface area contributed by atoms with Gasteiger partial charge in [0.05, 0.1) is 18.8 Å². The average molecular weight is 301 g/mol. The van der Waals surface area contributed by atoms with E-state index in [-0.39, 0.29) is 12.5 Å². The molecular formula is C17H23N3O2. The smallest absolute Gasteiger partial charge is 0.253 e. The van der Waals surface area contributed by atoms with Crippen molar-refractivity contribution in [3.05, 3.63) is 52.8 Å². The van der Waals surface area contributed by atoms with Gasteiger partial charge in [0.1, 0.15) is 0 Å². The van der Waals surface area contributed by atoms with E-state index >= 15 is 0 Å². The number of aliphatic hydroxyl groups is 1. The van der Waals surface area contributed by atoms with Crippen molar-refractivity contribution in [3.63, 3.8) is 0 Å². The van der Waals surface area contributed by atoms with Crippen LogP contribution in [-0.2, 0) is 6.54 Å². The van der Waals surface area contributed by atoms with Gasteiger partial charge in [-0.3, -0.25) is 9.48 Å². The molecule has 118 valence electrons. The third-order valence-corrected chi connectivity index (χ3v) is 3.65. The van der Waals surface area contributed by atoms with Gasteiger partial charge in [-0.25, -0.2) is 0 Å². The predicted molar refractivity (Wildman–Crippen MR) is 85.9 cm³/mol. The summed E-state index contributed by atoms with van der Waals surface area (Å²) < 4.78 is 1.93. The van der Waals surface area contributed by atoms with Gasteiger partial charge in [-0.05, 0) is 44.5 Å². The maximum absolute atomic E-state index is 12.4. The molecule has 0 fully saturated rings. The first kappa shape index (κ1) is 16.2. The summed E-state index contributed by atoms with van der Waals surface area (Å²) in [6, 6.07) is 9.64. The number of aliphatic hydroxyl groups excluding tert-OH is 1. The van der Waals surface area contributed by atoms with Crippen LogP contribution in [0.15, 0.2) is 30.3 Å². The molecule has 1 amide bonds. The van der Waals surface area contributed by atoms with Crippen molar-refractivity contribution in [3.8, 4) is 0 Å². The normalized spacial score (nSPS) is 10.7. The summed E-state index contributed by atoms with van der Waals surface area (Å²) in [7, 11) is 0. The maximum Gasteiger partial charge on any atom is 0.253 e. The minimum Gasteiger partial charge on any atom is -0.395 e. The van der Waals surface area contributed by atoms with Crippen LogP contribution in [0.5, 0.6) is 0 Å². The van der Waals surface area contributed by atoms with Crippen LogP contribution in [0.2, 0.25) is 0 Å². The molecule has 1 aromatic carbocycles. The first-order valence-electron chi connectivity index (χ1n) is 7.55. The summed E-state index contributed by atoms with van der Waals surface area (Å²) in [4.78, 5) is 14.1. The highest BCUT2D eigenvalue weighted by Gasteiger charge is 2.14. The second-order valence-corrected chi connectivity index (χ2v) is 5.39. The zero-order valence-electron chi connectivity index (χ0n) is 13.4. The van der Waals surface area contributed by atoms with Crippen molar-refractivity contribution in [2.24, 2.45) is 0 Å². The Morgan fingerprint density at radius 1 is 1.32 bits per heavy atom. The van der Waals surface area contributed by atoms with Gasteiger partial charge in [-0.2, -0.15) is 5.10 Å². The van der Waals surface area contributed by atoms with E-state index in [1.807, 2.05) is 55.8 Å². The quantitative estimate of drug-likeness (QED) is 0.888. The fraction of sp³-hybridized carbons (Fsp3) is 0.412. The first-order valence-corrected chi connectivity index (χ1v) is 7.55. The molecule has 1 N–H and O–H groups in total. The van der Waals surface area contributed by atoms with Gasteiger partial charge < -0.3 is 10.0 Å². The second kappa shape index (κ2) is 7.22. The number of nitrogens with zero attached hydrogens (tertiary/aromatic N) is 3. The fourth-order valence-corrected chi connectivity index (χ4v) is 2.52. The molecule has 0 saturated heterocycles. The Labute approximate surface area is 131 Å². The summed E-state index contributed by atoms with van der Waals surface area (Å²) >= 11 is 0. The number of benzene rings is 1. The number of carbonyl (C=O) groups is 1. The van der Waals surface area contributed by atoms with Crippen LogP contribution >= 0.6 is 0 Å². The van der Waals surface area contributed by atoms with E-state index in [9.17, 15) is 4.79 Å². The summed E-state index contributed by atoms with van der Waals surface area (Å²) in [5, 5.41) is 13.5. The summed E-state index contributed by atoms with van der Waals surface area (Å²) in [5.41, 5.74) is 3.78. The zero-order valence-corrected chi connectivity index (χ0v) is 13.4. The van der Waals surface area contributed by atoms with E-state index in [4.69, 9.17) is 5.11 Å². The van der Waals surface area contributed by atoms with Gasteiger partial charge in [0, 0.05) is 24.3 Å². The van der Waals surface area contributed by atoms with Crippen LogP contribution in [-0.4, -0.2) is 45.4 Å². The average Bonchev–Trinajstić information content (AvgIpc) is 2.82. The molecule has 5 heteroatoms. The van der Waals surface area contributed by atoms with Gasteiger partial charge in [0.15, 0.2) is 0 Å². The highest BCUT2D eigenvalue weighted by atomic mass is 16.3. The number of hydrogen-bond acceptors (Lipinski definition) is 3. The topological polar surface area (TPSA) is 58.4 Å². The monoisotopic (exact) mass is 301 g/mol. The molecule has 2 rings (SSSR count). The zero-order chi connectivity index (χ0) is 16.1. The molecule has 0 saturated carbocycles. The molecule has 5 nitrogen and oxygen atoms in total. The SMILES string of the molecule is CCN(CCO)C(=O)c1cccc(Cn2nc(C)cc2C)c1. The largest absolute Gasteiger partial charge is 0.395 e. The Kier molecular flexibility index (Phi) is 5.33. The Bertz CT molecular complexity index is 649. The highest BCUT2D eigenvalue weighted by Crippen LogP contribution is 2.12. The Morgan fingerprint density at radius 2 is 2.09 bits per heavy atom. The third-order valence-electron chi connectivity index (χ3n) is 3.65. The van der Waals surface area contributed by atoms with E-state index in [0.717, 1.165) is 17.0 Å². The third kappa shape index (κ3) is 3.74. The van der Waals surface area contributed by atoms with Crippen molar-refractivity contribution >= 4 is 5.91 Å². The molecule has 0 aliphatic rings. The Balaban J connectivity index is 2.19. The van der Waals surface area contributed by atoms with E-state index in [1.165, 1.54) is 0 Å². The summed E-state index contributed by atoms with van der Waals surface area (Å²) in [5.74, 6) is -0.0493. The minimum absolute atomic E-state index is 0.0228. The molecule has 0 unspecified atom stereocenters. The van der Waals surface area contributed by atoms with Gasteiger partial charge in [0.2, 0.25) is 0 Å². The molecule has 2 aromatic rings. The number of aromatic nitrogens is 2. The van der Waals surface area contributed by atoms with Gasteiger partial charge in [0.25, 0.3) is 5.91 Å². The molecule has 22 heavy (non-hydrogen) atoms. The lowest BCUT2D eigenvalue weighted by Crippen LogP contribution is -2.33. The standard InChI is InChI=1S/C17H23N3O2/c1-4-19(8-9-21)17(22)16-7-5-6-15(11-16)12-20-14(3)10-13(2)18-20/h5-7,10-11,21H,4,8-9,12H2,1-3H3. The second-order valence-electron chi connectivity index (χ2n) is 5.39. The lowest BCUT2D eigenvalue weighted by Gasteiger charge is -2.20. The van der Waals surface area contributed by atoms with Crippen LogP contribution in [0.25, 0.3) is 0 Å². The Morgan fingerprint density at radius 3 is 2.68 bits per heavy atom. The highest BCUT2D eigenvalue weighted by molar-refractivity contribution is 5.94. The van der Waals surface area contributed by atoms with Crippen LogP contribution in [0, 0.1) is 13.8 Å². The summed E-state index contributed by atoms with van der Waals surface area (Å²) in [6.45, 7) is 7.47. The minimum atomic E-state index is -0.0493. The van der Waals surface area contributed by atoms with Gasteiger partial charge >= 0.3 is 0 Å². The summed E-state index contributed by atoms with van der Waals surface area (Å²) in [6.07, 6.45) is 0. The molecule has 0 radical (unpaired) electrons. The van der Waals surface area contributed by atoms with Crippen LogP contribution in [0.4, 0.5) is 0 Å². The van der Waals surface area contributed by atoms with Crippen LogP contribution in [0.1, 0.15) is 34.2 Å². The lowest BCUT2D eigenvalue weighted by atomic mass is 10.1. The van der Waals surface area contributed by atoms with E-state index < -0.39 is 0 Å². The fourth-order valence-electron chi connectivity index (χ4n) is 2.52. The number of likely N-dealkylation sites (N-methyl/N-ethyl adjacent to an activating group) is 1. The number of rotatable bonds is 6. The molecule has 0 aliphatic carbocycles. The van der Waals surface area contributed by atoms with E-state index in [2.05, 4.69) is 5.10 Å². The molecule has 1 heterocycles. The molecular weight excluding hydrogens is 278 g/mol. The molecule has 0 spiro atoms. The maximum atomic E-state index is 12.4. The first-order chi connectivity index (χ1) is 10.5. The van der Waals surface area contributed by atoms with Crippen LogP contribution in [0.3, 0.4) is 0 Å². The van der Waals surface area contributed by atoms with Crippen LogP contribution < -0.4 is 0 Å². The predicted octanol–water partition coefficient (Wildman–Crippen LogP) is 2.00. The molecule has 1 aromatic heterocycles. The van der Waals surface area contributed by atoms with Crippen molar-refractivity contribution in [2.75, 3.05) is 19.7 Å². The van der Waals surface area contributed by atoms with Crippen molar-refractivity contribution in [2.45, 2.75) is 27.3 Å².